The maximum atomic E-state index is 13.5. The Morgan fingerprint density at radius 3 is 1.27 bits per heavy atom. The summed E-state index contributed by atoms with van der Waals surface area (Å²) >= 11 is 0. The van der Waals surface area contributed by atoms with Crippen molar-refractivity contribution in [1.29, 1.82) is 0 Å². The van der Waals surface area contributed by atoms with Gasteiger partial charge in [0, 0.05) is 6.42 Å². The lowest BCUT2D eigenvalue weighted by molar-refractivity contribution is -0.305. The van der Waals surface area contributed by atoms with E-state index < -0.39 is 67.4 Å². The van der Waals surface area contributed by atoms with Gasteiger partial charge in [0.05, 0.1) is 25.4 Å². The molecule has 0 aromatic heterocycles. The number of aliphatic hydroxyl groups is 5. The zero-order chi connectivity index (χ0) is 60.3. The normalized spacial score (nSPS) is 19.2. The van der Waals surface area contributed by atoms with E-state index in [0.29, 0.717) is 12.8 Å². The fourth-order valence-electron chi connectivity index (χ4n) is 10.1. The molecule has 1 fully saturated rings. The highest BCUT2D eigenvalue weighted by molar-refractivity contribution is 5.80. The second-order valence-corrected chi connectivity index (χ2v) is 23.2. The van der Waals surface area contributed by atoms with E-state index in [1.165, 1.54) is 109 Å². The smallest absolute Gasteiger partial charge is 0.306 e. The van der Waals surface area contributed by atoms with Crippen LogP contribution in [0, 0.1) is 0 Å². The maximum absolute atomic E-state index is 13.5. The molecule has 11 heteroatoms. The van der Waals surface area contributed by atoms with E-state index >= 15 is 0 Å². The van der Waals surface area contributed by atoms with Crippen LogP contribution in [0.4, 0.5) is 0 Å². The van der Waals surface area contributed by atoms with Gasteiger partial charge in [0.2, 0.25) is 5.91 Å². The predicted octanol–water partition coefficient (Wildman–Crippen LogP) is 17.1. The number of carbonyl (C=O) groups excluding carboxylic acids is 2. The van der Waals surface area contributed by atoms with Gasteiger partial charge in [0.1, 0.15) is 24.4 Å². The molecule has 11 nitrogen and oxygen atoms in total. The minimum absolute atomic E-state index is 0.104. The summed E-state index contributed by atoms with van der Waals surface area (Å²) in [5, 5.41) is 57.2. The monoisotopic (exact) mass is 1160 g/mol. The molecule has 478 valence electrons. The first kappa shape index (κ1) is 77.6. The lowest BCUT2D eigenvalue weighted by atomic mass is 9.99. The van der Waals surface area contributed by atoms with Crippen molar-refractivity contribution in [2.75, 3.05) is 13.2 Å². The lowest BCUT2D eigenvalue weighted by Crippen LogP contribution is -2.61. The molecule has 8 unspecified atom stereocenters. The van der Waals surface area contributed by atoms with Crippen molar-refractivity contribution in [2.45, 2.75) is 333 Å². The SMILES string of the molecule is CCCCC/C=C\C/C=C\C/C=C\C/C=C\CCCCCCCCC(O)C(=O)NC(COC1OC(CO)C(O)C(O)C1OC(=O)CCCCCCCC/C=C\C/C=C\C/C=C\CCCCC)C(O)/C=C/CCCCCCCCCCCCC. The standard InChI is InChI=1S/C72H125NO10/c1-4-7-10-13-16-19-22-25-27-29-31-32-33-35-36-38-41-44-47-50-53-56-59-65(76)71(80)73-63(64(75)58-55-52-49-46-43-40-24-21-18-15-12-9-6-3)62-81-72-70(69(79)68(78)66(61-74)82-72)83-67(77)60-57-54-51-48-45-42-39-37-34-30-28-26-23-20-17-14-11-8-5-2/h16-17,19-20,25-28,31-32,34-37,55,58,63-66,68-70,72,74-76,78-79H,4-15,18,21-24,29-30,33,38-54,56-57,59-62H2,1-3H3,(H,73,80)/b19-16-,20-17-,27-25-,28-26-,32-31-,36-35-,37-34-,58-55+. The predicted molar refractivity (Wildman–Crippen MR) is 347 cm³/mol. The fraction of sp³-hybridized carbons (Fsp3) is 0.750. The first-order chi connectivity index (χ1) is 40.7. The Morgan fingerprint density at radius 2 is 0.831 bits per heavy atom. The Hall–Kier alpha value is -3.42. The summed E-state index contributed by atoms with van der Waals surface area (Å²) < 4.78 is 17.7. The maximum Gasteiger partial charge on any atom is 0.306 e. The van der Waals surface area contributed by atoms with Gasteiger partial charge in [-0.25, -0.2) is 0 Å². The molecule has 1 rings (SSSR count). The molecule has 0 saturated carbocycles. The highest BCUT2D eigenvalue weighted by atomic mass is 16.7. The van der Waals surface area contributed by atoms with E-state index in [4.69, 9.17) is 14.2 Å². The molecule has 1 aliphatic heterocycles. The van der Waals surface area contributed by atoms with Gasteiger partial charge >= 0.3 is 5.97 Å². The molecule has 1 saturated heterocycles. The molecule has 0 aliphatic carbocycles. The summed E-state index contributed by atoms with van der Waals surface area (Å²) in [5.41, 5.74) is 0. The second kappa shape index (κ2) is 58.9. The van der Waals surface area contributed by atoms with Crippen LogP contribution >= 0.6 is 0 Å². The number of esters is 1. The van der Waals surface area contributed by atoms with Crippen LogP contribution in [0.5, 0.6) is 0 Å². The first-order valence-corrected chi connectivity index (χ1v) is 34.0. The average Bonchev–Trinajstić information content (AvgIpc) is 3.54. The minimum atomic E-state index is -1.63. The van der Waals surface area contributed by atoms with Gasteiger partial charge in [0.25, 0.3) is 0 Å². The molecule has 0 bridgehead atoms. The third-order valence-electron chi connectivity index (χ3n) is 15.5. The summed E-state index contributed by atoms with van der Waals surface area (Å²) in [4.78, 5) is 26.6. The van der Waals surface area contributed by atoms with Gasteiger partial charge in [-0.3, -0.25) is 9.59 Å². The zero-order valence-electron chi connectivity index (χ0n) is 53.0. The molecule has 1 amide bonds. The summed E-state index contributed by atoms with van der Waals surface area (Å²) in [6.07, 6.45) is 68.5. The number of nitrogens with one attached hydrogen (secondary N) is 1. The fourth-order valence-corrected chi connectivity index (χ4v) is 10.1. The van der Waals surface area contributed by atoms with Crippen molar-refractivity contribution in [3.63, 3.8) is 0 Å². The van der Waals surface area contributed by atoms with Crippen LogP contribution in [-0.2, 0) is 23.8 Å². The first-order valence-electron chi connectivity index (χ1n) is 34.0. The number of hydrogen-bond donors (Lipinski definition) is 6. The van der Waals surface area contributed by atoms with E-state index in [1.54, 1.807) is 6.08 Å². The molecular weight excluding hydrogens is 1040 g/mol. The number of carbonyl (C=O) groups is 2. The molecule has 0 aromatic carbocycles. The number of allylic oxidation sites excluding steroid dienone is 15. The van der Waals surface area contributed by atoms with Gasteiger partial charge in [-0.1, -0.05) is 266 Å². The number of amides is 1. The molecule has 1 heterocycles. The van der Waals surface area contributed by atoms with E-state index in [2.05, 4.69) is 111 Å². The Labute approximate surface area is 507 Å². The largest absolute Gasteiger partial charge is 0.454 e. The van der Waals surface area contributed by atoms with Gasteiger partial charge in [0.15, 0.2) is 12.4 Å². The summed E-state index contributed by atoms with van der Waals surface area (Å²) in [7, 11) is 0. The van der Waals surface area contributed by atoms with Crippen LogP contribution in [-0.4, -0.2) is 99.6 Å². The lowest BCUT2D eigenvalue weighted by Gasteiger charge is -2.41. The molecule has 0 aromatic rings. The minimum Gasteiger partial charge on any atom is -0.454 e. The highest BCUT2D eigenvalue weighted by Crippen LogP contribution is 2.26. The van der Waals surface area contributed by atoms with Gasteiger partial charge in [-0.05, 0) is 109 Å². The number of aliphatic hydroxyl groups excluding tert-OH is 5. The van der Waals surface area contributed by atoms with Gasteiger partial charge in [-0.15, -0.1) is 0 Å². The van der Waals surface area contributed by atoms with Gasteiger partial charge in [-0.2, -0.15) is 0 Å². The number of unbranched alkanes of at least 4 members (excludes halogenated alkanes) is 29. The van der Waals surface area contributed by atoms with Crippen molar-refractivity contribution >= 4 is 11.9 Å². The topological polar surface area (TPSA) is 175 Å². The Bertz CT molecular complexity index is 1720. The third-order valence-corrected chi connectivity index (χ3v) is 15.5. The molecule has 0 radical (unpaired) electrons. The van der Waals surface area contributed by atoms with Crippen LogP contribution in [0.15, 0.2) is 97.2 Å². The van der Waals surface area contributed by atoms with Gasteiger partial charge < -0.3 is 45.1 Å². The van der Waals surface area contributed by atoms with E-state index in [-0.39, 0.29) is 19.4 Å². The van der Waals surface area contributed by atoms with Crippen LogP contribution in [0.2, 0.25) is 0 Å². The van der Waals surface area contributed by atoms with Crippen molar-refractivity contribution < 1.29 is 49.3 Å². The van der Waals surface area contributed by atoms with Crippen LogP contribution in [0.3, 0.4) is 0 Å². The van der Waals surface area contributed by atoms with Crippen LogP contribution in [0.25, 0.3) is 0 Å². The van der Waals surface area contributed by atoms with Crippen molar-refractivity contribution in [3.05, 3.63) is 97.2 Å². The van der Waals surface area contributed by atoms with E-state index in [9.17, 15) is 35.1 Å². The number of rotatable bonds is 57. The van der Waals surface area contributed by atoms with Crippen molar-refractivity contribution in [1.82, 2.24) is 5.32 Å². The number of ether oxygens (including phenoxy) is 3. The molecular formula is C72H125NO10. The third kappa shape index (κ3) is 46.5. The van der Waals surface area contributed by atoms with Crippen molar-refractivity contribution in [2.24, 2.45) is 0 Å². The molecule has 83 heavy (non-hydrogen) atoms. The molecule has 1 aliphatic rings. The number of hydrogen-bond acceptors (Lipinski definition) is 10. The van der Waals surface area contributed by atoms with E-state index in [0.717, 1.165) is 128 Å². The van der Waals surface area contributed by atoms with Crippen LogP contribution in [0.1, 0.15) is 284 Å². The molecule has 8 atom stereocenters. The molecule has 0 spiro atoms. The summed E-state index contributed by atoms with van der Waals surface area (Å²) in [6.45, 7) is 5.73. The Balaban J connectivity index is 2.66. The molecule has 6 N–H and O–H groups in total. The second-order valence-electron chi connectivity index (χ2n) is 23.2. The summed E-state index contributed by atoms with van der Waals surface area (Å²) in [6, 6.07) is -1.04. The quantitative estimate of drug-likeness (QED) is 0.0195. The van der Waals surface area contributed by atoms with Crippen molar-refractivity contribution in [3.8, 4) is 0 Å². The highest BCUT2D eigenvalue weighted by Gasteiger charge is 2.47. The average molecular weight is 1160 g/mol. The zero-order valence-corrected chi connectivity index (χ0v) is 53.0. The van der Waals surface area contributed by atoms with E-state index in [1.807, 2.05) is 6.08 Å². The summed E-state index contributed by atoms with van der Waals surface area (Å²) in [5.74, 6) is -1.22. The van der Waals surface area contributed by atoms with Crippen LogP contribution < -0.4 is 5.32 Å². The Morgan fingerprint density at radius 1 is 0.470 bits per heavy atom. The Kier molecular flexibility index (Phi) is 55.1.